The molecule has 5 nitrogen and oxygen atoms in total. The molecule has 1 fully saturated rings. The van der Waals surface area contributed by atoms with Crippen LogP contribution in [0, 0.1) is 5.92 Å². The zero-order chi connectivity index (χ0) is 22.2. The second kappa shape index (κ2) is 11.2. The SMILES string of the molecule is CCc1ccccc1OCCC[C@H]1C[C@H](Oc2ccccc2)CN1C(=O)[C@@H](N)C(C)C. The van der Waals surface area contributed by atoms with E-state index in [1.807, 2.05) is 67.3 Å². The van der Waals surface area contributed by atoms with E-state index in [4.69, 9.17) is 15.2 Å². The quantitative estimate of drug-likeness (QED) is 0.573. The van der Waals surface area contributed by atoms with Crippen LogP contribution in [0.3, 0.4) is 0 Å². The van der Waals surface area contributed by atoms with E-state index in [0.29, 0.717) is 13.2 Å². The number of hydrogen-bond acceptors (Lipinski definition) is 4. The highest BCUT2D eigenvalue weighted by Crippen LogP contribution is 2.27. The van der Waals surface area contributed by atoms with Gasteiger partial charge in [-0.05, 0) is 48.9 Å². The first-order chi connectivity index (χ1) is 15.0. The van der Waals surface area contributed by atoms with E-state index in [1.165, 1.54) is 5.56 Å². The van der Waals surface area contributed by atoms with Crippen molar-refractivity contribution in [1.29, 1.82) is 0 Å². The van der Waals surface area contributed by atoms with E-state index in [-0.39, 0.29) is 24.0 Å². The maximum Gasteiger partial charge on any atom is 0.240 e. The van der Waals surface area contributed by atoms with Gasteiger partial charge < -0.3 is 20.1 Å². The minimum atomic E-state index is -0.481. The third-order valence-corrected chi connectivity index (χ3v) is 6.00. The molecule has 5 heteroatoms. The summed E-state index contributed by atoms with van der Waals surface area (Å²) in [5.41, 5.74) is 7.43. The van der Waals surface area contributed by atoms with E-state index >= 15 is 0 Å². The van der Waals surface area contributed by atoms with Gasteiger partial charge in [0.25, 0.3) is 0 Å². The summed E-state index contributed by atoms with van der Waals surface area (Å²) in [4.78, 5) is 15.0. The van der Waals surface area contributed by atoms with Crippen LogP contribution >= 0.6 is 0 Å². The summed E-state index contributed by atoms with van der Waals surface area (Å²) in [5.74, 6) is 1.93. The Balaban J connectivity index is 1.59. The normalized spacial score (nSPS) is 19.5. The molecular formula is C26H36N2O3. The van der Waals surface area contributed by atoms with Gasteiger partial charge in [0.15, 0.2) is 0 Å². The number of carbonyl (C=O) groups excluding carboxylic acids is 1. The smallest absolute Gasteiger partial charge is 0.240 e. The average Bonchev–Trinajstić information content (AvgIpc) is 3.18. The van der Waals surface area contributed by atoms with Crippen LogP contribution in [0.1, 0.15) is 45.6 Å². The van der Waals surface area contributed by atoms with Gasteiger partial charge in [0.1, 0.15) is 17.6 Å². The number of para-hydroxylation sites is 2. The minimum Gasteiger partial charge on any atom is -0.493 e. The molecule has 3 rings (SSSR count). The van der Waals surface area contributed by atoms with Gasteiger partial charge in [0.05, 0.1) is 19.2 Å². The predicted molar refractivity (Wildman–Crippen MR) is 124 cm³/mol. The first-order valence-corrected chi connectivity index (χ1v) is 11.5. The molecule has 1 amide bonds. The predicted octanol–water partition coefficient (Wildman–Crippen LogP) is 4.44. The Morgan fingerprint density at radius 3 is 2.55 bits per heavy atom. The second-order valence-electron chi connectivity index (χ2n) is 8.65. The Kier molecular flexibility index (Phi) is 8.35. The van der Waals surface area contributed by atoms with E-state index < -0.39 is 6.04 Å². The average molecular weight is 425 g/mol. The van der Waals surface area contributed by atoms with Crippen molar-refractivity contribution < 1.29 is 14.3 Å². The number of aryl methyl sites for hydroxylation is 1. The van der Waals surface area contributed by atoms with Crippen LogP contribution in [0.4, 0.5) is 0 Å². The number of benzene rings is 2. The fourth-order valence-corrected chi connectivity index (χ4v) is 4.11. The zero-order valence-electron chi connectivity index (χ0n) is 19.0. The van der Waals surface area contributed by atoms with Crippen molar-refractivity contribution in [3.8, 4) is 11.5 Å². The van der Waals surface area contributed by atoms with Crippen molar-refractivity contribution in [2.24, 2.45) is 11.7 Å². The Morgan fingerprint density at radius 2 is 1.84 bits per heavy atom. The van der Waals surface area contributed by atoms with Crippen molar-refractivity contribution >= 4 is 5.91 Å². The van der Waals surface area contributed by atoms with Gasteiger partial charge >= 0.3 is 0 Å². The number of amides is 1. The van der Waals surface area contributed by atoms with E-state index in [1.54, 1.807) is 0 Å². The van der Waals surface area contributed by atoms with Crippen LogP contribution in [-0.2, 0) is 11.2 Å². The first-order valence-electron chi connectivity index (χ1n) is 11.5. The highest BCUT2D eigenvalue weighted by molar-refractivity contribution is 5.82. The molecule has 0 spiro atoms. The van der Waals surface area contributed by atoms with Crippen LogP contribution < -0.4 is 15.2 Å². The summed E-state index contributed by atoms with van der Waals surface area (Å²) < 4.78 is 12.2. The Labute approximate surface area is 186 Å². The van der Waals surface area contributed by atoms with E-state index in [0.717, 1.165) is 37.2 Å². The first kappa shape index (κ1) is 23.1. The van der Waals surface area contributed by atoms with Gasteiger partial charge in [0.2, 0.25) is 5.91 Å². The molecule has 1 heterocycles. The molecule has 168 valence electrons. The van der Waals surface area contributed by atoms with Crippen LogP contribution in [0.2, 0.25) is 0 Å². The molecule has 1 aliphatic heterocycles. The molecule has 2 aromatic rings. The second-order valence-corrected chi connectivity index (χ2v) is 8.65. The number of rotatable bonds is 10. The van der Waals surface area contributed by atoms with Crippen LogP contribution in [0.5, 0.6) is 11.5 Å². The summed E-state index contributed by atoms with van der Waals surface area (Å²) >= 11 is 0. The molecule has 0 radical (unpaired) electrons. The number of nitrogens with two attached hydrogens (primary N) is 1. The molecule has 0 aliphatic carbocycles. The molecular weight excluding hydrogens is 388 g/mol. The summed E-state index contributed by atoms with van der Waals surface area (Å²) in [6.07, 6.45) is 3.50. The van der Waals surface area contributed by atoms with Gasteiger partial charge in [-0.2, -0.15) is 0 Å². The number of ether oxygens (including phenoxy) is 2. The highest BCUT2D eigenvalue weighted by atomic mass is 16.5. The molecule has 2 aromatic carbocycles. The zero-order valence-corrected chi connectivity index (χ0v) is 19.0. The number of carbonyl (C=O) groups is 1. The lowest BCUT2D eigenvalue weighted by atomic mass is 10.0. The molecule has 31 heavy (non-hydrogen) atoms. The van der Waals surface area contributed by atoms with Gasteiger partial charge in [0, 0.05) is 12.5 Å². The van der Waals surface area contributed by atoms with Gasteiger partial charge in [-0.15, -0.1) is 0 Å². The topological polar surface area (TPSA) is 64.8 Å². The lowest BCUT2D eigenvalue weighted by molar-refractivity contribution is -0.134. The van der Waals surface area contributed by atoms with Crippen molar-refractivity contribution in [2.45, 2.75) is 64.6 Å². The summed E-state index contributed by atoms with van der Waals surface area (Å²) in [6, 6.07) is 17.6. The Hall–Kier alpha value is -2.53. The summed E-state index contributed by atoms with van der Waals surface area (Å²) in [6.45, 7) is 7.33. The van der Waals surface area contributed by atoms with Crippen LogP contribution in [0.15, 0.2) is 54.6 Å². The minimum absolute atomic E-state index is 0.0163. The molecule has 0 saturated carbocycles. The largest absolute Gasteiger partial charge is 0.493 e. The van der Waals surface area contributed by atoms with Gasteiger partial charge in [-0.3, -0.25) is 4.79 Å². The maximum atomic E-state index is 13.0. The number of likely N-dealkylation sites (tertiary alicyclic amines) is 1. The van der Waals surface area contributed by atoms with Crippen LogP contribution in [0.25, 0.3) is 0 Å². The highest BCUT2D eigenvalue weighted by Gasteiger charge is 2.38. The van der Waals surface area contributed by atoms with E-state index in [9.17, 15) is 4.79 Å². The van der Waals surface area contributed by atoms with Gasteiger partial charge in [-0.25, -0.2) is 0 Å². The van der Waals surface area contributed by atoms with Gasteiger partial charge in [-0.1, -0.05) is 57.2 Å². The Morgan fingerprint density at radius 1 is 1.13 bits per heavy atom. The lowest BCUT2D eigenvalue weighted by Gasteiger charge is -2.28. The number of nitrogens with zero attached hydrogens (tertiary/aromatic N) is 1. The van der Waals surface area contributed by atoms with Crippen molar-refractivity contribution in [3.05, 3.63) is 60.2 Å². The molecule has 0 unspecified atom stereocenters. The van der Waals surface area contributed by atoms with Crippen molar-refractivity contribution in [1.82, 2.24) is 4.90 Å². The molecule has 3 atom stereocenters. The summed E-state index contributed by atoms with van der Waals surface area (Å²) in [5, 5.41) is 0. The standard InChI is InChI=1S/C26H36N2O3/c1-4-20-11-8-9-15-24(20)30-16-10-12-21-17-23(31-22-13-6-5-7-14-22)18-28(21)26(29)25(27)19(2)3/h5-9,11,13-15,19,21,23,25H,4,10,12,16-18,27H2,1-3H3/t21-,23-,25-/m0/s1. The fourth-order valence-electron chi connectivity index (χ4n) is 4.11. The summed E-state index contributed by atoms with van der Waals surface area (Å²) in [7, 11) is 0. The molecule has 0 bridgehead atoms. The molecule has 2 N–H and O–H groups in total. The molecule has 0 aromatic heterocycles. The van der Waals surface area contributed by atoms with Crippen molar-refractivity contribution in [3.63, 3.8) is 0 Å². The molecule has 1 saturated heterocycles. The van der Waals surface area contributed by atoms with E-state index in [2.05, 4.69) is 13.0 Å². The monoisotopic (exact) mass is 424 g/mol. The maximum absolute atomic E-state index is 13.0. The third kappa shape index (κ3) is 6.23. The lowest BCUT2D eigenvalue weighted by Crippen LogP contribution is -2.48. The van der Waals surface area contributed by atoms with Crippen LogP contribution in [-0.4, -0.2) is 42.1 Å². The fraction of sp³-hybridized carbons (Fsp3) is 0.500. The van der Waals surface area contributed by atoms with Crippen molar-refractivity contribution in [2.75, 3.05) is 13.2 Å². The number of hydrogen-bond donors (Lipinski definition) is 1. The Bertz CT molecular complexity index is 824. The third-order valence-electron chi connectivity index (χ3n) is 6.00. The molecule has 1 aliphatic rings.